The standard InChI is InChI=1S/C10H11F3N2.C5H10O2/c11-7-1-2-8(12)10(9(7)13)15-5-3-14-4-6-15;1-5(2,3)7-4-6/h1-2,14H,3-6H2;4H,1-3H3. The van der Waals surface area contributed by atoms with Gasteiger partial charge < -0.3 is 15.0 Å². The molecule has 0 atom stereocenters. The summed E-state index contributed by atoms with van der Waals surface area (Å²) in [5.41, 5.74) is -0.571. The number of halogens is 3. The lowest BCUT2D eigenvalue weighted by molar-refractivity contribution is -0.138. The summed E-state index contributed by atoms with van der Waals surface area (Å²) < 4.78 is 44.2. The molecule has 22 heavy (non-hydrogen) atoms. The molecular formula is C15H21F3N2O2. The van der Waals surface area contributed by atoms with Crippen LogP contribution in [0.4, 0.5) is 18.9 Å². The van der Waals surface area contributed by atoms with E-state index in [2.05, 4.69) is 10.1 Å². The van der Waals surface area contributed by atoms with Crippen molar-refractivity contribution in [3.8, 4) is 0 Å². The van der Waals surface area contributed by atoms with E-state index in [1.807, 2.05) is 20.8 Å². The Hall–Kier alpha value is -1.76. The summed E-state index contributed by atoms with van der Waals surface area (Å²) in [7, 11) is 0. The number of carbonyl (C=O) groups excluding carboxylic acids is 1. The van der Waals surface area contributed by atoms with Crippen LogP contribution in [0.3, 0.4) is 0 Å². The van der Waals surface area contributed by atoms with E-state index in [1.54, 1.807) is 0 Å². The number of nitrogens with one attached hydrogen (secondary N) is 1. The molecular weight excluding hydrogens is 297 g/mol. The monoisotopic (exact) mass is 318 g/mol. The molecule has 4 nitrogen and oxygen atoms in total. The molecule has 1 aliphatic rings. The molecule has 0 aromatic heterocycles. The highest BCUT2D eigenvalue weighted by atomic mass is 19.2. The molecule has 2 rings (SSSR count). The number of ether oxygens (including phenoxy) is 1. The predicted octanol–water partition coefficient (Wildman–Crippen LogP) is 2.47. The first-order valence-corrected chi connectivity index (χ1v) is 6.97. The van der Waals surface area contributed by atoms with Gasteiger partial charge in [-0.05, 0) is 32.9 Å². The second kappa shape index (κ2) is 8.03. The van der Waals surface area contributed by atoms with Crippen LogP contribution < -0.4 is 10.2 Å². The van der Waals surface area contributed by atoms with Crippen LogP contribution in [-0.4, -0.2) is 38.3 Å². The molecule has 1 fully saturated rings. The maximum absolute atomic E-state index is 13.4. The van der Waals surface area contributed by atoms with Crippen molar-refractivity contribution in [1.82, 2.24) is 5.32 Å². The van der Waals surface area contributed by atoms with Gasteiger partial charge in [-0.3, -0.25) is 4.79 Å². The number of hydrogen-bond donors (Lipinski definition) is 1. The maximum atomic E-state index is 13.4. The molecule has 124 valence electrons. The average Bonchev–Trinajstić information content (AvgIpc) is 2.44. The van der Waals surface area contributed by atoms with Crippen molar-refractivity contribution in [3.63, 3.8) is 0 Å². The molecule has 1 heterocycles. The molecule has 7 heteroatoms. The minimum Gasteiger partial charge on any atom is -0.462 e. The van der Waals surface area contributed by atoms with Gasteiger partial charge in [0.25, 0.3) is 6.47 Å². The minimum absolute atomic E-state index is 0.253. The number of hydrogen-bond acceptors (Lipinski definition) is 4. The zero-order valence-corrected chi connectivity index (χ0v) is 13.0. The predicted molar refractivity (Wildman–Crippen MR) is 78.3 cm³/mol. The summed E-state index contributed by atoms with van der Waals surface area (Å²) in [6.07, 6.45) is 0. The van der Waals surface area contributed by atoms with Crippen LogP contribution in [0.2, 0.25) is 0 Å². The quantitative estimate of drug-likeness (QED) is 0.672. The second-order valence-electron chi connectivity index (χ2n) is 5.76. The van der Waals surface area contributed by atoms with Gasteiger partial charge in [0, 0.05) is 26.2 Å². The van der Waals surface area contributed by atoms with Crippen LogP contribution in [0.15, 0.2) is 12.1 Å². The Balaban J connectivity index is 0.000000295. The molecule has 0 bridgehead atoms. The van der Waals surface area contributed by atoms with Gasteiger partial charge in [0.05, 0.1) is 0 Å². The second-order valence-corrected chi connectivity index (χ2v) is 5.76. The fourth-order valence-corrected chi connectivity index (χ4v) is 1.84. The normalized spacial score (nSPS) is 14.9. The lowest BCUT2D eigenvalue weighted by atomic mass is 10.2. The molecule has 1 aliphatic heterocycles. The highest BCUT2D eigenvalue weighted by Crippen LogP contribution is 2.25. The van der Waals surface area contributed by atoms with Crippen molar-refractivity contribution in [1.29, 1.82) is 0 Å². The van der Waals surface area contributed by atoms with Crippen LogP contribution >= 0.6 is 0 Å². The Bertz CT molecular complexity index is 498. The lowest BCUT2D eigenvalue weighted by Crippen LogP contribution is -2.44. The van der Waals surface area contributed by atoms with Gasteiger partial charge >= 0.3 is 0 Å². The van der Waals surface area contributed by atoms with E-state index in [9.17, 15) is 18.0 Å². The summed E-state index contributed by atoms with van der Waals surface area (Å²) >= 11 is 0. The highest BCUT2D eigenvalue weighted by molar-refractivity contribution is 5.50. The first-order chi connectivity index (χ1) is 10.3. The van der Waals surface area contributed by atoms with Gasteiger partial charge in [0.2, 0.25) is 0 Å². The van der Waals surface area contributed by atoms with Gasteiger partial charge in [-0.1, -0.05) is 0 Å². The molecule has 0 saturated carbocycles. The number of carbonyl (C=O) groups is 1. The fraction of sp³-hybridized carbons (Fsp3) is 0.533. The van der Waals surface area contributed by atoms with E-state index in [4.69, 9.17) is 0 Å². The Kier molecular flexibility index (Phi) is 6.67. The summed E-state index contributed by atoms with van der Waals surface area (Å²) in [6.45, 7) is 8.18. The third-order valence-electron chi connectivity index (χ3n) is 2.85. The highest BCUT2D eigenvalue weighted by Gasteiger charge is 2.21. The van der Waals surface area contributed by atoms with Gasteiger partial charge in [-0.2, -0.15) is 0 Å². The average molecular weight is 318 g/mol. The van der Waals surface area contributed by atoms with Crippen LogP contribution in [-0.2, 0) is 9.53 Å². The van der Waals surface area contributed by atoms with Crippen molar-refractivity contribution < 1.29 is 22.7 Å². The molecule has 0 amide bonds. The first-order valence-electron chi connectivity index (χ1n) is 6.97. The molecule has 1 aromatic rings. The molecule has 1 saturated heterocycles. The van der Waals surface area contributed by atoms with E-state index < -0.39 is 17.5 Å². The molecule has 0 aliphatic carbocycles. The molecule has 1 aromatic carbocycles. The third kappa shape index (κ3) is 5.55. The number of nitrogens with zero attached hydrogens (tertiary/aromatic N) is 1. The lowest BCUT2D eigenvalue weighted by Gasteiger charge is -2.29. The van der Waals surface area contributed by atoms with Gasteiger partial charge in [-0.25, -0.2) is 13.2 Å². The SMILES string of the molecule is CC(C)(C)OC=O.Fc1ccc(F)c(N2CCNCC2)c1F. The third-order valence-corrected chi connectivity index (χ3v) is 2.85. The van der Waals surface area contributed by atoms with Crippen LogP contribution in [0.1, 0.15) is 20.8 Å². The van der Waals surface area contributed by atoms with E-state index in [0.717, 1.165) is 12.1 Å². The van der Waals surface area contributed by atoms with Gasteiger partial charge in [0.1, 0.15) is 17.1 Å². The molecule has 0 unspecified atom stereocenters. The molecule has 0 radical (unpaired) electrons. The number of anilines is 1. The summed E-state index contributed by atoms with van der Waals surface area (Å²) in [6, 6.07) is 1.76. The van der Waals surface area contributed by atoms with Crippen LogP contribution in [0.5, 0.6) is 0 Å². The van der Waals surface area contributed by atoms with Crippen LogP contribution in [0, 0.1) is 17.5 Å². The summed E-state index contributed by atoms with van der Waals surface area (Å²) in [5.74, 6) is -2.82. The zero-order valence-electron chi connectivity index (χ0n) is 13.0. The number of rotatable bonds is 2. The zero-order chi connectivity index (χ0) is 16.8. The van der Waals surface area contributed by atoms with E-state index >= 15 is 0 Å². The summed E-state index contributed by atoms with van der Waals surface area (Å²) in [4.78, 5) is 11.1. The Morgan fingerprint density at radius 3 is 2.14 bits per heavy atom. The Labute approximate surface area is 128 Å². The molecule has 1 N–H and O–H groups in total. The largest absolute Gasteiger partial charge is 0.462 e. The Morgan fingerprint density at radius 2 is 1.68 bits per heavy atom. The Morgan fingerprint density at radius 1 is 1.14 bits per heavy atom. The first kappa shape index (κ1) is 18.3. The van der Waals surface area contributed by atoms with Gasteiger partial charge in [-0.15, -0.1) is 0 Å². The van der Waals surface area contributed by atoms with Crippen molar-refractivity contribution in [2.45, 2.75) is 26.4 Å². The number of piperazine rings is 1. The number of benzene rings is 1. The van der Waals surface area contributed by atoms with E-state index in [1.165, 1.54) is 4.90 Å². The fourth-order valence-electron chi connectivity index (χ4n) is 1.84. The smallest absolute Gasteiger partial charge is 0.293 e. The van der Waals surface area contributed by atoms with Crippen molar-refractivity contribution in [2.75, 3.05) is 31.1 Å². The minimum atomic E-state index is -1.10. The van der Waals surface area contributed by atoms with Crippen molar-refractivity contribution >= 4 is 12.2 Å². The molecule has 0 spiro atoms. The topological polar surface area (TPSA) is 41.6 Å². The van der Waals surface area contributed by atoms with E-state index in [-0.39, 0.29) is 11.3 Å². The van der Waals surface area contributed by atoms with Crippen LogP contribution in [0.25, 0.3) is 0 Å². The van der Waals surface area contributed by atoms with Gasteiger partial charge in [0.15, 0.2) is 11.6 Å². The van der Waals surface area contributed by atoms with Crippen molar-refractivity contribution in [3.05, 3.63) is 29.6 Å². The summed E-state index contributed by atoms with van der Waals surface area (Å²) in [5, 5.41) is 3.06. The van der Waals surface area contributed by atoms with Crippen molar-refractivity contribution in [2.24, 2.45) is 0 Å². The maximum Gasteiger partial charge on any atom is 0.293 e. The van der Waals surface area contributed by atoms with E-state index in [0.29, 0.717) is 32.7 Å².